The topological polar surface area (TPSA) is 22.8 Å². The van der Waals surface area contributed by atoms with E-state index in [1.807, 2.05) is 31.6 Å². The van der Waals surface area contributed by atoms with Crippen LogP contribution >= 0.6 is 0 Å². The third-order valence-corrected chi connectivity index (χ3v) is 2.18. The summed E-state index contributed by atoms with van der Waals surface area (Å²) in [6.45, 7) is 0.998. The van der Waals surface area contributed by atoms with Crippen LogP contribution in [0.4, 0.5) is 0 Å². The summed E-state index contributed by atoms with van der Waals surface area (Å²) in [6.07, 6.45) is 8.94. The van der Waals surface area contributed by atoms with Crippen molar-refractivity contribution in [1.82, 2.24) is 14.1 Å². The summed E-state index contributed by atoms with van der Waals surface area (Å²) in [5.41, 5.74) is 0. The van der Waals surface area contributed by atoms with Gasteiger partial charge in [0, 0.05) is 44.8 Å². The number of rotatable bonds is 3. The number of nitrogens with zero attached hydrogens (tertiary/aromatic N) is 3. The molecule has 0 saturated carbocycles. The molecule has 0 unspecified atom stereocenters. The van der Waals surface area contributed by atoms with Gasteiger partial charge in [0.1, 0.15) is 5.82 Å². The van der Waals surface area contributed by atoms with Gasteiger partial charge in [-0.2, -0.15) is 0 Å². The standard InChI is InChI=1S/C10H13N3/c1-12-9-5-11-10(12)4-8-13-6-2-3-7-13/h2-3,5-7,9H,4,8H2,1H3. The maximum absolute atomic E-state index is 4.26. The third kappa shape index (κ3) is 1.80. The van der Waals surface area contributed by atoms with Gasteiger partial charge in [-0.1, -0.05) is 0 Å². The summed E-state index contributed by atoms with van der Waals surface area (Å²) in [7, 11) is 2.03. The Morgan fingerprint density at radius 2 is 2.00 bits per heavy atom. The highest BCUT2D eigenvalue weighted by Gasteiger charge is 1.98. The number of aromatic nitrogens is 3. The average Bonchev–Trinajstić information content (AvgIpc) is 2.72. The Morgan fingerprint density at radius 1 is 1.23 bits per heavy atom. The molecule has 2 heterocycles. The van der Waals surface area contributed by atoms with Crippen molar-refractivity contribution >= 4 is 0 Å². The largest absolute Gasteiger partial charge is 0.354 e. The molecule has 13 heavy (non-hydrogen) atoms. The van der Waals surface area contributed by atoms with Crippen molar-refractivity contribution < 1.29 is 0 Å². The van der Waals surface area contributed by atoms with Gasteiger partial charge in [0.2, 0.25) is 0 Å². The summed E-state index contributed by atoms with van der Waals surface area (Å²) >= 11 is 0. The van der Waals surface area contributed by atoms with Crippen LogP contribution in [-0.4, -0.2) is 14.1 Å². The molecule has 0 atom stereocenters. The van der Waals surface area contributed by atoms with Crippen LogP contribution in [0, 0.1) is 0 Å². The second-order valence-electron chi connectivity index (χ2n) is 3.13. The van der Waals surface area contributed by atoms with Crippen LogP contribution in [-0.2, 0) is 20.0 Å². The van der Waals surface area contributed by atoms with Gasteiger partial charge in [-0.15, -0.1) is 0 Å². The van der Waals surface area contributed by atoms with Gasteiger partial charge in [-0.05, 0) is 12.1 Å². The van der Waals surface area contributed by atoms with Crippen molar-refractivity contribution in [2.45, 2.75) is 13.0 Å². The lowest BCUT2D eigenvalue weighted by Gasteiger charge is -2.02. The molecule has 0 bridgehead atoms. The first-order valence-electron chi connectivity index (χ1n) is 4.43. The normalized spacial score (nSPS) is 10.5. The highest BCUT2D eigenvalue weighted by Crippen LogP contribution is 1.98. The summed E-state index contributed by atoms with van der Waals surface area (Å²) in [5.74, 6) is 1.13. The maximum atomic E-state index is 4.26. The van der Waals surface area contributed by atoms with Crippen molar-refractivity contribution in [2.24, 2.45) is 7.05 Å². The van der Waals surface area contributed by atoms with E-state index in [4.69, 9.17) is 0 Å². The summed E-state index contributed by atoms with van der Waals surface area (Å²) in [4.78, 5) is 4.26. The predicted molar refractivity (Wildman–Crippen MR) is 51.3 cm³/mol. The fraction of sp³-hybridized carbons (Fsp3) is 0.300. The van der Waals surface area contributed by atoms with E-state index >= 15 is 0 Å². The molecule has 0 aliphatic carbocycles. The molecule has 0 N–H and O–H groups in total. The first-order valence-corrected chi connectivity index (χ1v) is 4.43. The van der Waals surface area contributed by atoms with Gasteiger partial charge in [0.25, 0.3) is 0 Å². The summed E-state index contributed by atoms with van der Waals surface area (Å²) in [6, 6.07) is 4.08. The van der Waals surface area contributed by atoms with Gasteiger partial charge >= 0.3 is 0 Å². The minimum Gasteiger partial charge on any atom is -0.354 e. The van der Waals surface area contributed by atoms with E-state index in [9.17, 15) is 0 Å². The van der Waals surface area contributed by atoms with Crippen molar-refractivity contribution in [3.8, 4) is 0 Å². The van der Waals surface area contributed by atoms with E-state index in [2.05, 4.69) is 26.5 Å². The average molecular weight is 175 g/mol. The number of hydrogen-bond donors (Lipinski definition) is 0. The number of aryl methyl sites for hydroxylation is 3. The monoisotopic (exact) mass is 175 g/mol. The Morgan fingerprint density at radius 3 is 2.62 bits per heavy atom. The molecule has 2 rings (SSSR count). The second kappa shape index (κ2) is 3.47. The molecule has 0 spiro atoms. The van der Waals surface area contributed by atoms with E-state index in [0.29, 0.717) is 0 Å². The second-order valence-corrected chi connectivity index (χ2v) is 3.13. The van der Waals surface area contributed by atoms with E-state index < -0.39 is 0 Å². The Hall–Kier alpha value is -1.51. The zero-order chi connectivity index (χ0) is 9.10. The molecule has 0 aromatic carbocycles. The van der Waals surface area contributed by atoms with E-state index in [-0.39, 0.29) is 0 Å². The molecule has 0 saturated heterocycles. The van der Waals surface area contributed by atoms with Crippen molar-refractivity contribution in [3.05, 3.63) is 42.7 Å². The van der Waals surface area contributed by atoms with Gasteiger partial charge in [-0.3, -0.25) is 0 Å². The molecule has 0 aliphatic rings. The molecule has 2 aromatic heterocycles. The Kier molecular flexibility index (Phi) is 2.17. The lowest BCUT2D eigenvalue weighted by Crippen LogP contribution is -2.03. The lowest BCUT2D eigenvalue weighted by atomic mass is 10.4. The number of imidazole rings is 1. The highest BCUT2D eigenvalue weighted by atomic mass is 15.0. The first-order chi connectivity index (χ1) is 6.36. The molecule has 3 nitrogen and oxygen atoms in total. The van der Waals surface area contributed by atoms with Crippen LogP contribution in [0.3, 0.4) is 0 Å². The smallest absolute Gasteiger partial charge is 0.110 e. The van der Waals surface area contributed by atoms with Crippen molar-refractivity contribution in [3.63, 3.8) is 0 Å². The van der Waals surface area contributed by atoms with E-state index in [1.165, 1.54) is 0 Å². The maximum Gasteiger partial charge on any atom is 0.110 e. The Labute approximate surface area is 77.6 Å². The summed E-state index contributed by atoms with van der Waals surface area (Å²) < 4.78 is 4.22. The van der Waals surface area contributed by atoms with Crippen LogP contribution < -0.4 is 0 Å². The van der Waals surface area contributed by atoms with Gasteiger partial charge in [0.15, 0.2) is 0 Å². The lowest BCUT2D eigenvalue weighted by molar-refractivity contribution is 0.653. The predicted octanol–water partition coefficient (Wildman–Crippen LogP) is 1.46. The van der Waals surface area contributed by atoms with Crippen molar-refractivity contribution in [1.29, 1.82) is 0 Å². The van der Waals surface area contributed by atoms with Gasteiger partial charge < -0.3 is 9.13 Å². The Bertz CT molecular complexity index is 359. The minimum absolute atomic E-state index is 0.984. The molecule has 3 heteroatoms. The molecule has 2 aromatic rings. The molecule has 0 aliphatic heterocycles. The SMILES string of the molecule is Cn1ccnc1CCn1cccc1. The van der Waals surface area contributed by atoms with E-state index in [0.717, 1.165) is 18.8 Å². The van der Waals surface area contributed by atoms with Crippen LogP contribution in [0.15, 0.2) is 36.9 Å². The molecular formula is C10H13N3. The van der Waals surface area contributed by atoms with Crippen LogP contribution in [0.25, 0.3) is 0 Å². The molecule has 0 fully saturated rings. The van der Waals surface area contributed by atoms with Crippen LogP contribution in [0.2, 0.25) is 0 Å². The van der Waals surface area contributed by atoms with E-state index in [1.54, 1.807) is 0 Å². The first kappa shape index (κ1) is 8.10. The molecular weight excluding hydrogens is 162 g/mol. The number of hydrogen-bond acceptors (Lipinski definition) is 1. The Balaban J connectivity index is 1.97. The van der Waals surface area contributed by atoms with Gasteiger partial charge in [0.05, 0.1) is 0 Å². The van der Waals surface area contributed by atoms with Crippen molar-refractivity contribution in [2.75, 3.05) is 0 Å². The highest BCUT2D eigenvalue weighted by molar-refractivity contribution is 4.94. The fourth-order valence-corrected chi connectivity index (χ4v) is 1.39. The van der Waals surface area contributed by atoms with Crippen LogP contribution in [0.1, 0.15) is 5.82 Å². The zero-order valence-electron chi connectivity index (χ0n) is 7.72. The quantitative estimate of drug-likeness (QED) is 0.692. The zero-order valence-corrected chi connectivity index (χ0v) is 7.72. The molecule has 0 radical (unpaired) electrons. The van der Waals surface area contributed by atoms with Gasteiger partial charge in [-0.25, -0.2) is 4.98 Å². The minimum atomic E-state index is 0.984. The van der Waals surface area contributed by atoms with Crippen LogP contribution in [0.5, 0.6) is 0 Å². The third-order valence-electron chi connectivity index (χ3n) is 2.18. The summed E-state index contributed by atoms with van der Waals surface area (Å²) in [5, 5.41) is 0. The molecule has 0 amide bonds. The molecule has 68 valence electrons. The fourth-order valence-electron chi connectivity index (χ4n) is 1.39.